The summed E-state index contributed by atoms with van der Waals surface area (Å²) in [6, 6.07) is 6.17. The molecule has 1 N–H and O–H groups in total. The summed E-state index contributed by atoms with van der Waals surface area (Å²) in [5, 5.41) is 12.5. The van der Waals surface area contributed by atoms with Gasteiger partial charge in [0.2, 0.25) is 0 Å². The molecule has 1 aliphatic rings. The molecule has 1 fully saturated rings. The first-order valence-electron chi connectivity index (χ1n) is 6.28. The van der Waals surface area contributed by atoms with E-state index in [1.807, 2.05) is 19.1 Å². The molecular formula is C14H19N3O. The van der Waals surface area contributed by atoms with Crippen LogP contribution in [-0.4, -0.2) is 23.2 Å². The van der Waals surface area contributed by atoms with Gasteiger partial charge in [-0.05, 0) is 45.7 Å². The van der Waals surface area contributed by atoms with Gasteiger partial charge >= 0.3 is 0 Å². The van der Waals surface area contributed by atoms with Gasteiger partial charge in [-0.3, -0.25) is 0 Å². The largest absolute Gasteiger partial charge is 0.375 e. The molecule has 2 heterocycles. The molecule has 1 aliphatic heterocycles. The zero-order chi connectivity index (χ0) is 13.2. The molecule has 1 unspecified atom stereocenters. The molecule has 0 aromatic carbocycles. The zero-order valence-corrected chi connectivity index (χ0v) is 11.2. The second-order valence-electron chi connectivity index (χ2n) is 5.40. The molecule has 0 saturated carbocycles. The second-order valence-corrected chi connectivity index (χ2v) is 5.40. The van der Waals surface area contributed by atoms with Crippen LogP contribution in [0, 0.1) is 18.3 Å². The van der Waals surface area contributed by atoms with E-state index >= 15 is 0 Å². The van der Waals surface area contributed by atoms with Gasteiger partial charge in [-0.25, -0.2) is 4.98 Å². The first-order chi connectivity index (χ1) is 8.50. The van der Waals surface area contributed by atoms with E-state index in [0.717, 1.165) is 25.1 Å². The van der Waals surface area contributed by atoms with Gasteiger partial charge < -0.3 is 10.1 Å². The number of ether oxygens (including phenoxy) is 1. The van der Waals surface area contributed by atoms with Crippen molar-refractivity contribution in [2.75, 3.05) is 11.9 Å². The minimum atomic E-state index is -0.105. The fraction of sp³-hybridized carbons (Fsp3) is 0.571. The van der Waals surface area contributed by atoms with E-state index in [1.165, 1.54) is 0 Å². The molecule has 0 aliphatic carbocycles. The molecule has 18 heavy (non-hydrogen) atoms. The average Bonchev–Trinajstić information content (AvgIpc) is 2.28. The minimum Gasteiger partial charge on any atom is -0.375 e. The maximum atomic E-state index is 9.09. The number of aromatic nitrogens is 1. The van der Waals surface area contributed by atoms with Crippen molar-refractivity contribution < 1.29 is 4.74 Å². The third-order valence-electron chi connectivity index (χ3n) is 3.19. The van der Waals surface area contributed by atoms with Gasteiger partial charge in [-0.2, -0.15) is 5.26 Å². The van der Waals surface area contributed by atoms with Crippen molar-refractivity contribution >= 4 is 5.82 Å². The number of aryl methyl sites for hydroxylation is 1. The van der Waals surface area contributed by atoms with Crippen molar-refractivity contribution in [3.63, 3.8) is 0 Å². The Labute approximate surface area is 108 Å². The van der Waals surface area contributed by atoms with Crippen LogP contribution in [0.4, 0.5) is 5.82 Å². The van der Waals surface area contributed by atoms with E-state index in [9.17, 15) is 0 Å². The van der Waals surface area contributed by atoms with E-state index < -0.39 is 0 Å². The molecule has 2 rings (SSSR count). The summed E-state index contributed by atoms with van der Waals surface area (Å²) in [5.74, 6) is 0.695. The highest BCUT2D eigenvalue weighted by atomic mass is 16.5. The zero-order valence-electron chi connectivity index (χ0n) is 11.2. The maximum Gasteiger partial charge on any atom is 0.144 e. The smallest absolute Gasteiger partial charge is 0.144 e. The Morgan fingerprint density at radius 2 is 2.28 bits per heavy atom. The van der Waals surface area contributed by atoms with Gasteiger partial charge in [0, 0.05) is 18.3 Å². The summed E-state index contributed by atoms with van der Waals surface area (Å²) in [6.07, 6.45) is 1.87. The van der Waals surface area contributed by atoms with E-state index in [2.05, 4.69) is 30.2 Å². The molecule has 1 saturated heterocycles. The number of nitrogens with zero attached hydrogens (tertiary/aromatic N) is 2. The monoisotopic (exact) mass is 245 g/mol. The minimum absolute atomic E-state index is 0.105. The Bertz CT molecular complexity index is 476. The average molecular weight is 245 g/mol. The van der Waals surface area contributed by atoms with E-state index in [4.69, 9.17) is 10.00 Å². The first-order valence-corrected chi connectivity index (χ1v) is 6.28. The number of nitriles is 1. The van der Waals surface area contributed by atoms with Crippen molar-refractivity contribution in [1.82, 2.24) is 4.98 Å². The summed E-state index contributed by atoms with van der Waals surface area (Å²) in [4.78, 5) is 4.41. The van der Waals surface area contributed by atoms with Gasteiger partial charge in [0.1, 0.15) is 11.9 Å². The molecule has 0 spiro atoms. The Morgan fingerprint density at radius 1 is 1.50 bits per heavy atom. The van der Waals surface area contributed by atoms with Gasteiger partial charge in [-0.1, -0.05) is 0 Å². The van der Waals surface area contributed by atoms with Crippen molar-refractivity contribution in [3.05, 3.63) is 23.4 Å². The molecule has 0 bridgehead atoms. The number of anilines is 1. The van der Waals surface area contributed by atoms with Crippen LogP contribution < -0.4 is 5.32 Å². The third-order valence-corrected chi connectivity index (χ3v) is 3.19. The molecule has 96 valence electrons. The van der Waals surface area contributed by atoms with E-state index in [1.54, 1.807) is 0 Å². The predicted molar refractivity (Wildman–Crippen MR) is 70.4 cm³/mol. The van der Waals surface area contributed by atoms with E-state index in [0.29, 0.717) is 17.4 Å². The molecule has 4 nitrogen and oxygen atoms in total. The van der Waals surface area contributed by atoms with Crippen LogP contribution in [0.5, 0.6) is 0 Å². The summed E-state index contributed by atoms with van der Waals surface area (Å²) in [5.41, 5.74) is 1.42. The number of hydrogen-bond donors (Lipinski definition) is 1. The lowest BCUT2D eigenvalue weighted by molar-refractivity contribution is -0.0553. The Hall–Kier alpha value is -1.60. The van der Waals surface area contributed by atoms with Gasteiger partial charge in [0.05, 0.1) is 11.2 Å². The topological polar surface area (TPSA) is 57.9 Å². The lowest BCUT2D eigenvalue weighted by atomic mass is 9.94. The summed E-state index contributed by atoms with van der Waals surface area (Å²) < 4.78 is 5.69. The third kappa shape index (κ3) is 2.99. The summed E-state index contributed by atoms with van der Waals surface area (Å²) in [6.45, 7) is 6.87. The van der Waals surface area contributed by atoms with Crippen LogP contribution in [0.3, 0.4) is 0 Å². The highest BCUT2D eigenvalue weighted by Crippen LogP contribution is 2.26. The van der Waals surface area contributed by atoms with Crippen LogP contribution in [0.25, 0.3) is 0 Å². The Balaban J connectivity index is 2.14. The van der Waals surface area contributed by atoms with Crippen molar-refractivity contribution in [2.45, 2.75) is 45.3 Å². The maximum absolute atomic E-state index is 9.09. The Kier molecular flexibility index (Phi) is 3.53. The van der Waals surface area contributed by atoms with Crippen LogP contribution in [0.2, 0.25) is 0 Å². The lowest BCUT2D eigenvalue weighted by Gasteiger charge is -2.36. The van der Waals surface area contributed by atoms with Crippen molar-refractivity contribution in [2.24, 2.45) is 0 Å². The van der Waals surface area contributed by atoms with Crippen LogP contribution in [-0.2, 0) is 4.74 Å². The molecule has 1 aromatic rings. The molecule has 1 aromatic heterocycles. The molecular weight excluding hydrogens is 226 g/mol. The molecule has 0 amide bonds. The number of hydrogen-bond acceptors (Lipinski definition) is 4. The normalized spacial score (nSPS) is 22.2. The van der Waals surface area contributed by atoms with Crippen LogP contribution >= 0.6 is 0 Å². The Morgan fingerprint density at radius 3 is 2.94 bits per heavy atom. The fourth-order valence-electron chi connectivity index (χ4n) is 2.31. The number of rotatable bonds is 2. The summed E-state index contributed by atoms with van der Waals surface area (Å²) in [7, 11) is 0. The number of pyridine rings is 1. The molecule has 0 radical (unpaired) electrons. The number of nitrogens with one attached hydrogen (secondary N) is 1. The van der Waals surface area contributed by atoms with Crippen LogP contribution in [0.1, 0.15) is 37.9 Å². The highest BCUT2D eigenvalue weighted by molar-refractivity contribution is 5.52. The van der Waals surface area contributed by atoms with E-state index in [-0.39, 0.29) is 5.60 Å². The lowest BCUT2D eigenvalue weighted by Crippen LogP contribution is -2.40. The van der Waals surface area contributed by atoms with Gasteiger partial charge in [0.15, 0.2) is 0 Å². The first kappa shape index (κ1) is 12.8. The second kappa shape index (κ2) is 4.95. The van der Waals surface area contributed by atoms with Crippen molar-refractivity contribution in [3.8, 4) is 6.07 Å². The fourth-order valence-corrected chi connectivity index (χ4v) is 2.31. The summed E-state index contributed by atoms with van der Waals surface area (Å²) >= 11 is 0. The van der Waals surface area contributed by atoms with Crippen molar-refractivity contribution in [1.29, 1.82) is 5.26 Å². The predicted octanol–water partition coefficient (Wildman–Crippen LogP) is 2.63. The standard InChI is InChI=1S/C14H19N3O/c1-10-4-5-11(9-15)13(16-10)17-12-6-7-18-14(2,3)8-12/h4-5,12H,6-8H2,1-3H3,(H,16,17). The van der Waals surface area contributed by atoms with Gasteiger partial charge in [-0.15, -0.1) is 0 Å². The molecule has 4 heteroatoms. The highest BCUT2D eigenvalue weighted by Gasteiger charge is 2.29. The molecule has 1 atom stereocenters. The van der Waals surface area contributed by atoms with Gasteiger partial charge in [0.25, 0.3) is 0 Å². The van der Waals surface area contributed by atoms with Crippen LogP contribution in [0.15, 0.2) is 12.1 Å². The SMILES string of the molecule is Cc1ccc(C#N)c(NC2CCOC(C)(C)C2)n1. The quantitative estimate of drug-likeness (QED) is 0.870.